The summed E-state index contributed by atoms with van der Waals surface area (Å²) in [5, 5.41) is 6.53. The van der Waals surface area contributed by atoms with Crippen molar-refractivity contribution in [1.29, 1.82) is 5.41 Å². The molecule has 0 aromatic heterocycles. The zero-order valence-corrected chi connectivity index (χ0v) is 9.08. The minimum absolute atomic E-state index is 0. The molecule has 3 N–H and O–H groups in total. The number of nitrogens with one attached hydrogen (secondary N) is 1. The minimum atomic E-state index is -4.52. The van der Waals surface area contributed by atoms with E-state index >= 15 is 0 Å². The second-order valence-electron chi connectivity index (χ2n) is 1.25. The molecule has 0 rings (SSSR count). The molecule has 0 aliphatic rings. The van der Waals surface area contributed by atoms with E-state index in [0.29, 0.717) is 0 Å². The Hall–Kier alpha value is 0.970. The largest absolute Gasteiger partial charge is 1.00 e. The molecular formula is C2H5N2NaO3PS-. The smallest absolute Gasteiger partial charge is 0.803 e. The number of hydrogen-bond acceptors (Lipinski definition) is 5. The Morgan fingerprint density at radius 1 is 1.70 bits per heavy atom. The molecule has 0 unspecified atom stereocenters. The van der Waals surface area contributed by atoms with Crippen molar-refractivity contribution in [1.82, 2.24) is 0 Å². The molecule has 0 spiro atoms. The molecule has 0 radical (unpaired) electrons. The third-order valence-electron chi connectivity index (χ3n) is 0.378. The van der Waals surface area contributed by atoms with Crippen molar-refractivity contribution >= 4 is 24.0 Å². The van der Waals surface area contributed by atoms with E-state index in [-0.39, 0.29) is 52.5 Å². The van der Waals surface area contributed by atoms with Gasteiger partial charge in [0.05, 0.1) is 5.75 Å². The van der Waals surface area contributed by atoms with Gasteiger partial charge in [0, 0.05) is 0 Å². The van der Waals surface area contributed by atoms with Gasteiger partial charge in [-0.25, -0.2) is 0 Å². The molecule has 10 heavy (non-hydrogen) atoms. The first-order valence-corrected chi connectivity index (χ1v) is 5.04. The van der Waals surface area contributed by atoms with Gasteiger partial charge in [-0.2, -0.15) is 0 Å². The summed E-state index contributed by atoms with van der Waals surface area (Å²) in [7, 11) is 0. The number of nitrogens with two attached hydrogens (primary N) is 1. The maximum atomic E-state index is 9.82. The molecule has 0 fully saturated rings. The third kappa shape index (κ3) is 11.7. The molecule has 0 bridgehead atoms. The molecule has 0 saturated heterocycles. The molecule has 5 nitrogen and oxygen atoms in total. The Morgan fingerprint density at radius 2 is 2.10 bits per heavy atom. The van der Waals surface area contributed by atoms with Crippen LogP contribution in [0.5, 0.6) is 0 Å². The summed E-state index contributed by atoms with van der Waals surface area (Å²) in [6, 6.07) is 0. The van der Waals surface area contributed by atoms with Crippen molar-refractivity contribution in [3.05, 3.63) is 0 Å². The third-order valence-corrected chi connectivity index (χ3v) is 2.47. The van der Waals surface area contributed by atoms with Crippen LogP contribution in [0.3, 0.4) is 0 Å². The van der Waals surface area contributed by atoms with Gasteiger partial charge in [-0.3, -0.25) is 5.41 Å². The van der Waals surface area contributed by atoms with Crippen molar-refractivity contribution in [2.45, 2.75) is 0 Å². The fourth-order valence-electron chi connectivity index (χ4n) is 0.149. The first-order chi connectivity index (χ1) is 3.92. The van der Waals surface area contributed by atoms with Gasteiger partial charge in [0.25, 0.3) is 0 Å². The predicted molar refractivity (Wildman–Crippen MR) is 32.0 cm³/mol. The van der Waals surface area contributed by atoms with Crippen LogP contribution in [0, 0.1) is 5.41 Å². The van der Waals surface area contributed by atoms with Gasteiger partial charge in [0.2, 0.25) is 0 Å². The molecular weight excluding hydrogens is 186 g/mol. The van der Waals surface area contributed by atoms with Crippen LogP contribution in [-0.4, -0.2) is 11.6 Å². The molecule has 0 aromatic carbocycles. The summed E-state index contributed by atoms with van der Waals surface area (Å²) < 4.78 is 9.82. The standard InChI is InChI=1S/C2H7N2O3PS.Na/c3-2(4)1-9-8(5,6)7;/h1H2,(H3,3,4)(H2,5,6,7);/q;+1/p-2. The van der Waals surface area contributed by atoms with E-state index in [1.807, 2.05) is 0 Å². The second kappa shape index (κ2) is 5.60. The summed E-state index contributed by atoms with van der Waals surface area (Å²) >= 11 is 0.137. The molecule has 0 amide bonds. The molecule has 0 saturated carbocycles. The van der Waals surface area contributed by atoms with E-state index in [1.165, 1.54) is 0 Å². The van der Waals surface area contributed by atoms with Crippen LogP contribution in [0.15, 0.2) is 0 Å². The first kappa shape index (κ1) is 13.6. The number of hydrogen-bond donors (Lipinski definition) is 2. The average Bonchev–Trinajstić information content (AvgIpc) is 1.59. The van der Waals surface area contributed by atoms with Crippen molar-refractivity contribution in [2.75, 3.05) is 5.75 Å². The molecule has 0 aliphatic heterocycles. The zero-order valence-electron chi connectivity index (χ0n) is 5.36. The molecule has 0 aliphatic carbocycles. The van der Waals surface area contributed by atoms with E-state index in [4.69, 9.17) is 11.1 Å². The maximum absolute atomic E-state index is 9.82. The van der Waals surface area contributed by atoms with Crippen molar-refractivity contribution < 1.29 is 43.9 Å². The number of amidine groups is 1. The Kier molecular flexibility index (Phi) is 7.59. The van der Waals surface area contributed by atoms with Gasteiger partial charge in [0.1, 0.15) is 5.84 Å². The molecule has 8 heteroatoms. The molecule has 0 aromatic rings. The second-order valence-corrected chi connectivity index (χ2v) is 4.80. The van der Waals surface area contributed by atoms with E-state index in [2.05, 4.69) is 0 Å². The molecule has 54 valence electrons. The summed E-state index contributed by atoms with van der Waals surface area (Å²) in [6.07, 6.45) is 0. The Morgan fingerprint density at radius 3 is 2.20 bits per heavy atom. The quantitative estimate of drug-likeness (QED) is 0.202. The van der Waals surface area contributed by atoms with Crippen LogP contribution in [0.1, 0.15) is 0 Å². The predicted octanol–water partition coefficient (Wildman–Crippen LogP) is -4.51. The van der Waals surface area contributed by atoms with Gasteiger partial charge >= 0.3 is 29.6 Å². The fourth-order valence-corrected chi connectivity index (χ4v) is 1.34. The van der Waals surface area contributed by atoms with E-state index in [9.17, 15) is 14.4 Å². The summed E-state index contributed by atoms with van der Waals surface area (Å²) in [5.41, 5.74) is 4.76. The fraction of sp³-hybridized carbons (Fsp3) is 0.500. The van der Waals surface area contributed by atoms with Crippen LogP contribution >= 0.6 is 18.2 Å². The van der Waals surface area contributed by atoms with Crippen molar-refractivity contribution in [2.24, 2.45) is 5.73 Å². The summed E-state index contributed by atoms with van der Waals surface area (Å²) in [6.45, 7) is -4.52. The summed E-state index contributed by atoms with van der Waals surface area (Å²) in [5.74, 6) is -0.559. The van der Waals surface area contributed by atoms with Gasteiger partial charge < -0.3 is 20.1 Å². The summed E-state index contributed by atoms with van der Waals surface area (Å²) in [4.78, 5) is 19.6. The van der Waals surface area contributed by atoms with Crippen molar-refractivity contribution in [3.8, 4) is 0 Å². The SMILES string of the molecule is N=C(N)CSP(=O)([O-])[O-].[Na+]. The Labute approximate surface area is 84.5 Å². The van der Waals surface area contributed by atoms with E-state index < -0.39 is 6.80 Å². The Bertz CT molecular complexity index is 159. The van der Waals surface area contributed by atoms with Crippen LogP contribution in [0.2, 0.25) is 0 Å². The van der Waals surface area contributed by atoms with Crippen molar-refractivity contribution in [3.63, 3.8) is 0 Å². The minimum Gasteiger partial charge on any atom is -0.803 e. The normalized spacial score (nSPS) is 10.2. The Balaban J connectivity index is 0. The van der Waals surface area contributed by atoms with E-state index in [1.54, 1.807) is 0 Å². The molecule has 0 atom stereocenters. The van der Waals surface area contributed by atoms with Gasteiger partial charge in [-0.05, 0) is 6.80 Å². The maximum Gasteiger partial charge on any atom is 1.00 e. The van der Waals surface area contributed by atoms with Crippen LogP contribution < -0.4 is 45.1 Å². The van der Waals surface area contributed by atoms with Crippen LogP contribution in [-0.2, 0) is 4.57 Å². The van der Waals surface area contributed by atoms with Crippen LogP contribution in [0.25, 0.3) is 0 Å². The monoisotopic (exact) mass is 191 g/mol. The number of rotatable bonds is 3. The van der Waals surface area contributed by atoms with Crippen LogP contribution in [0.4, 0.5) is 0 Å². The molecule has 0 heterocycles. The van der Waals surface area contributed by atoms with Gasteiger partial charge in [-0.1, -0.05) is 0 Å². The zero-order chi connectivity index (χ0) is 7.49. The first-order valence-electron chi connectivity index (χ1n) is 1.91. The average molecular weight is 191 g/mol. The van der Waals surface area contributed by atoms with Gasteiger partial charge in [0.15, 0.2) is 0 Å². The van der Waals surface area contributed by atoms with E-state index in [0.717, 1.165) is 0 Å². The topological polar surface area (TPSA) is 113 Å². The van der Waals surface area contributed by atoms with Gasteiger partial charge in [-0.15, -0.1) is 11.4 Å².